The van der Waals surface area contributed by atoms with E-state index in [0.717, 1.165) is 43.1 Å². The first-order valence-corrected chi connectivity index (χ1v) is 11.9. The lowest BCUT2D eigenvalue weighted by atomic mass is 9.76. The van der Waals surface area contributed by atoms with E-state index in [-0.39, 0.29) is 30.1 Å². The average molecular weight is 408 g/mol. The maximum atomic E-state index is 12.1. The third-order valence-corrected chi connectivity index (χ3v) is 6.74. The van der Waals surface area contributed by atoms with Gasteiger partial charge in [-0.3, -0.25) is 9.59 Å². The fourth-order valence-electron chi connectivity index (χ4n) is 4.60. The summed E-state index contributed by atoms with van der Waals surface area (Å²) in [5, 5.41) is 0. The molecule has 1 aliphatic heterocycles. The van der Waals surface area contributed by atoms with Gasteiger partial charge in [-0.1, -0.05) is 37.1 Å². The van der Waals surface area contributed by atoms with Crippen LogP contribution in [0.4, 0.5) is 0 Å². The topological polar surface area (TPSA) is 89.5 Å². The van der Waals surface area contributed by atoms with Gasteiger partial charge in [-0.2, -0.15) is 0 Å². The Kier molecular flexibility index (Phi) is 6.25. The predicted octanol–water partition coefficient (Wildman–Crippen LogP) is 3.06. The van der Waals surface area contributed by atoms with Crippen molar-refractivity contribution in [2.24, 2.45) is 5.92 Å². The normalized spacial score (nSPS) is 24.9. The summed E-state index contributed by atoms with van der Waals surface area (Å²) in [6, 6.07) is 7.48. The Labute approximate surface area is 167 Å². The molecule has 1 heterocycles. The van der Waals surface area contributed by atoms with Gasteiger partial charge in [0.25, 0.3) is 0 Å². The number of rotatable bonds is 7. The second-order valence-electron chi connectivity index (χ2n) is 8.27. The molecule has 0 spiro atoms. The Hall–Kier alpha value is -1.73. The van der Waals surface area contributed by atoms with Crippen LogP contribution >= 0.6 is 0 Å². The summed E-state index contributed by atoms with van der Waals surface area (Å²) in [6.45, 7) is 1.80. The molecule has 154 valence electrons. The fourth-order valence-corrected chi connectivity index (χ4v) is 5.38. The molecule has 2 aliphatic rings. The molecule has 6 nitrogen and oxygen atoms in total. The average Bonchev–Trinajstić information content (AvgIpc) is 3.13. The number of cyclic esters (lactones) is 1. The van der Waals surface area contributed by atoms with E-state index in [2.05, 4.69) is 4.72 Å². The molecule has 0 bridgehead atoms. The van der Waals surface area contributed by atoms with Crippen molar-refractivity contribution in [2.75, 3.05) is 6.26 Å². The minimum Gasteiger partial charge on any atom is -0.458 e. The molecule has 0 radical (unpaired) electrons. The van der Waals surface area contributed by atoms with Gasteiger partial charge in [-0.05, 0) is 49.7 Å². The van der Waals surface area contributed by atoms with Crippen molar-refractivity contribution in [2.45, 2.75) is 69.9 Å². The van der Waals surface area contributed by atoms with Crippen LogP contribution in [0.1, 0.15) is 69.0 Å². The summed E-state index contributed by atoms with van der Waals surface area (Å²) in [4.78, 5) is 24.1. The Morgan fingerprint density at radius 2 is 1.82 bits per heavy atom. The van der Waals surface area contributed by atoms with Crippen LogP contribution in [0, 0.1) is 5.92 Å². The quantitative estimate of drug-likeness (QED) is 0.554. The minimum absolute atomic E-state index is 0.0147. The van der Waals surface area contributed by atoms with E-state index in [1.54, 1.807) is 6.92 Å². The van der Waals surface area contributed by atoms with Crippen LogP contribution < -0.4 is 4.72 Å². The molecule has 1 aromatic carbocycles. The van der Waals surface area contributed by atoms with Crippen molar-refractivity contribution < 1.29 is 22.7 Å². The highest BCUT2D eigenvalue weighted by Crippen LogP contribution is 2.43. The smallest absolute Gasteiger partial charge is 0.313 e. The number of benzene rings is 1. The van der Waals surface area contributed by atoms with E-state index in [1.807, 2.05) is 24.3 Å². The van der Waals surface area contributed by atoms with Crippen LogP contribution in [0.2, 0.25) is 0 Å². The molecule has 0 amide bonds. The van der Waals surface area contributed by atoms with Crippen LogP contribution in [0.25, 0.3) is 0 Å². The van der Waals surface area contributed by atoms with Crippen LogP contribution in [-0.4, -0.2) is 32.0 Å². The van der Waals surface area contributed by atoms with Crippen LogP contribution in [0.5, 0.6) is 0 Å². The van der Waals surface area contributed by atoms with Gasteiger partial charge in [0, 0.05) is 12.5 Å². The van der Waals surface area contributed by atoms with Gasteiger partial charge in [-0.15, -0.1) is 0 Å². The number of hydrogen-bond acceptors (Lipinski definition) is 5. The first kappa shape index (κ1) is 21.0. The van der Waals surface area contributed by atoms with Crippen LogP contribution in [0.3, 0.4) is 0 Å². The summed E-state index contributed by atoms with van der Waals surface area (Å²) in [7, 11) is -3.26. The number of nitrogens with one attached hydrogen (secondary N) is 1. The lowest BCUT2D eigenvalue weighted by molar-refractivity contribution is -0.178. The number of Topliss-reactive ketones (excluding diaryl/α,β-unsaturated/α-hetero) is 1. The van der Waals surface area contributed by atoms with Crippen LogP contribution in [0.15, 0.2) is 24.3 Å². The fraction of sp³-hybridized carbons (Fsp3) is 0.619. The number of carbonyl (C=O) groups excluding carboxylic acids is 2. The molecule has 28 heavy (non-hydrogen) atoms. The highest BCUT2D eigenvalue weighted by Gasteiger charge is 2.47. The van der Waals surface area contributed by atoms with Crippen LogP contribution in [-0.2, 0) is 30.8 Å². The van der Waals surface area contributed by atoms with Crippen molar-refractivity contribution in [1.82, 2.24) is 4.72 Å². The molecule has 1 N–H and O–H groups in total. The Balaban J connectivity index is 1.69. The number of carbonyl (C=O) groups is 2. The van der Waals surface area contributed by atoms with Gasteiger partial charge >= 0.3 is 5.97 Å². The second kappa shape index (κ2) is 8.33. The SMILES string of the molecule is C[C@@H](NS(C)(=O)=O)c1ccc(CCC2(C3CCCC3)CC(=O)CC(=O)O2)cc1. The Morgan fingerprint density at radius 1 is 1.18 bits per heavy atom. The molecule has 0 aromatic heterocycles. The van der Waals surface area contributed by atoms with Gasteiger partial charge in [0.15, 0.2) is 0 Å². The molecule has 1 aliphatic carbocycles. The summed E-state index contributed by atoms with van der Waals surface area (Å²) < 4.78 is 31.2. The summed E-state index contributed by atoms with van der Waals surface area (Å²) >= 11 is 0. The molecule has 2 atom stereocenters. The second-order valence-corrected chi connectivity index (χ2v) is 10.0. The highest BCUT2D eigenvalue weighted by molar-refractivity contribution is 7.88. The first-order chi connectivity index (χ1) is 13.2. The minimum atomic E-state index is -3.26. The molecule has 2 fully saturated rings. The molecular weight excluding hydrogens is 378 g/mol. The van der Waals surface area contributed by atoms with Gasteiger partial charge in [0.2, 0.25) is 10.0 Å². The number of sulfonamides is 1. The van der Waals surface area contributed by atoms with Gasteiger partial charge in [0.05, 0.1) is 6.26 Å². The largest absolute Gasteiger partial charge is 0.458 e. The highest BCUT2D eigenvalue weighted by atomic mass is 32.2. The van der Waals surface area contributed by atoms with E-state index in [9.17, 15) is 18.0 Å². The molecule has 1 unspecified atom stereocenters. The Bertz CT molecular complexity index is 809. The summed E-state index contributed by atoms with van der Waals surface area (Å²) in [6.07, 6.45) is 6.99. The lowest BCUT2D eigenvalue weighted by Gasteiger charge is -2.41. The molecule has 1 aromatic rings. The van der Waals surface area contributed by atoms with Crippen molar-refractivity contribution in [3.8, 4) is 0 Å². The lowest BCUT2D eigenvalue weighted by Crippen LogP contribution is -2.48. The van der Waals surface area contributed by atoms with E-state index in [0.29, 0.717) is 19.3 Å². The van der Waals surface area contributed by atoms with Crippen molar-refractivity contribution in [3.05, 3.63) is 35.4 Å². The van der Waals surface area contributed by atoms with Gasteiger partial charge in [0.1, 0.15) is 17.8 Å². The molecule has 1 saturated heterocycles. The van der Waals surface area contributed by atoms with Crippen molar-refractivity contribution in [1.29, 1.82) is 0 Å². The van der Waals surface area contributed by atoms with Crippen molar-refractivity contribution >= 4 is 21.8 Å². The molecular formula is C21H29NO5S. The zero-order valence-corrected chi connectivity index (χ0v) is 17.4. The third kappa shape index (κ3) is 5.20. The zero-order valence-electron chi connectivity index (χ0n) is 16.6. The molecule has 3 rings (SSSR count). The summed E-state index contributed by atoms with van der Waals surface area (Å²) in [5.74, 6) is -0.141. The van der Waals surface area contributed by atoms with E-state index < -0.39 is 15.6 Å². The number of esters is 1. The van der Waals surface area contributed by atoms with E-state index in [1.165, 1.54) is 0 Å². The monoisotopic (exact) mass is 407 g/mol. The third-order valence-electron chi connectivity index (χ3n) is 5.96. The zero-order chi connectivity index (χ0) is 20.4. The number of aryl methyl sites for hydroxylation is 1. The van der Waals surface area contributed by atoms with Gasteiger partial charge < -0.3 is 4.74 Å². The predicted molar refractivity (Wildman–Crippen MR) is 106 cm³/mol. The number of hydrogen-bond donors (Lipinski definition) is 1. The summed E-state index contributed by atoms with van der Waals surface area (Å²) in [5.41, 5.74) is 1.31. The maximum absolute atomic E-state index is 12.1. The van der Waals surface area contributed by atoms with Crippen molar-refractivity contribution in [3.63, 3.8) is 0 Å². The number of ketones is 1. The Morgan fingerprint density at radius 3 is 2.39 bits per heavy atom. The number of ether oxygens (including phenoxy) is 1. The molecule has 1 saturated carbocycles. The van der Waals surface area contributed by atoms with Gasteiger partial charge in [-0.25, -0.2) is 13.1 Å². The molecule has 7 heteroatoms. The van der Waals surface area contributed by atoms with E-state index >= 15 is 0 Å². The standard InChI is InChI=1S/C21H29NO5S/c1-15(22-28(2,25)26)17-9-7-16(8-10-17)11-12-21(18-5-3-4-6-18)14-19(23)13-20(24)27-21/h7-10,15,18,22H,3-6,11-14H2,1-2H3/t15-,21?/m1/s1. The van der Waals surface area contributed by atoms with E-state index in [4.69, 9.17) is 4.74 Å². The first-order valence-electron chi connectivity index (χ1n) is 9.96. The maximum Gasteiger partial charge on any atom is 0.313 e.